The Morgan fingerprint density at radius 1 is 1.33 bits per heavy atom. The number of anilines is 1. The van der Waals surface area contributed by atoms with Crippen LogP contribution in [0.1, 0.15) is 10.4 Å². The highest BCUT2D eigenvalue weighted by molar-refractivity contribution is 7.80. The van der Waals surface area contributed by atoms with Crippen molar-refractivity contribution in [3.63, 3.8) is 0 Å². The fourth-order valence-electron chi connectivity index (χ4n) is 1.97. The van der Waals surface area contributed by atoms with Gasteiger partial charge in [0.2, 0.25) is 5.91 Å². The maximum atomic E-state index is 12.1. The molecule has 21 heavy (non-hydrogen) atoms. The SMILES string of the molecule is CN(CC(=O)Nc1ccccc1C(N)=S)Cc1cccs1. The zero-order chi connectivity index (χ0) is 15.2. The van der Waals surface area contributed by atoms with Crippen LogP contribution in [0.5, 0.6) is 0 Å². The molecule has 110 valence electrons. The number of hydrogen-bond acceptors (Lipinski definition) is 4. The van der Waals surface area contributed by atoms with Crippen LogP contribution in [0.15, 0.2) is 41.8 Å². The molecule has 0 spiro atoms. The Hall–Kier alpha value is -1.76. The van der Waals surface area contributed by atoms with E-state index >= 15 is 0 Å². The summed E-state index contributed by atoms with van der Waals surface area (Å²) in [6, 6.07) is 11.3. The smallest absolute Gasteiger partial charge is 0.238 e. The van der Waals surface area contributed by atoms with Gasteiger partial charge in [0.05, 0.1) is 12.2 Å². The van der Waals surface area contributed by atoms with Crippen LogP contribution in [0, 0.1) is 0 Å². The van der Waals surface area contributed by atoms with Crippen molar-refractivity contribution in [2.75, 3.05) is 18.9 Å². The molecule has 1 aromatic heterocycles. The second-order valence-electron chi connectivity index (χ2n) is 4.71. The Labute approximate surface area is 133 Å². The van der Waals surface area contributed by atoms with Crippen molar-refractivity contribution in [1.82, 2.24) is 4.90 Å². The Morgan fingerprint density at radius 2 is 2.10 bits per heavy atom. The van der Waals surface area contributed by atoms with Crippen molar-refractivity contribution < 1.29 is 4.79 Å². The fraction of sp³-hybridized carbons (Fsp3) is 0.200. The van der Waals surface area contributed by atoms with Crippen molar-refractivity contribution in [3.05, 3.63) is 52.2 Å². The zero-order valence-corrected chi connectivity index (χ0v) is 13.3. The van der Waals surface area contributed by atoms with Gasteiger partial charge in [-0.2, -0.15) is 0 Å². The molecule has 3 N–H and O–H groups in total. The number of nitrogens with two attached hydrogens (primary N) is 1. The number of thiophene rings is 1. The zero-order valence-electron chi connectivity index (χ0n) is 11.7. The predicted molar refractivity (Wildman–Crippen MR) is 91.6 cm³/mol. The maximum absolute atomic E-state index is 12.1. The van der Waals surface area contributed by atoms with Gasteiger partial charge in [-0.15, -0.1) is 11.3 Å². The van der Waals surface area contributed by atoms with Gasteiger partial charge in [0.15, 0.2) is 0 Å². The number of nitrogens with one attached hydrogen (secondary N) is 1. The van der Waals surface area contributed by atoms with E-state index in [1.165, 1.54) is 4.88 Å². The lowest BCUT2D eigenvalue weighted by atomic mass is 10.2. The molecule has 0 aliphatic rings. The molecule has 2 rings (SSSR count). The Morgan fingerprint density at radius 3 is 2.76 bits per heavy atom. The van der Waals surface area contributed by atoms with Crippen LogP contribution < -0.4 is 11.1 Å². The van der Waals surface area contributed by atoms with Crippen LogP contribution in [0.2, 0.25) is 0 Å². The van der Waals surface area contributed by atoms with Gasteiger partial charge in [-0.05, 0) is 30.6 Å². The van der Waals surface area contributed by atoms with Crippen molar-refractivity contribution in [2.45, 2.75) is 6.54 Å². The van der Waals surface area contributed by atoms with E-state index in [-0.39, 0.29) is 10.9 Å². The van der Waals surface area contributed by atoms with Crippen molar-refractivity contribution in [3.8, 4) is 0 Å². The number of hydrogen-bond donors (Lipinski definition) is 2. The second-order valence-corrected chi connectivity index (χ2v) is 6.18. The lowest BCUT2D eigenvalue weighted by molar-refractivity contribution is -0.117. The van der Waals surface area contributed by atoms with E-state index in [2.05, 4.69) is 11.4 Å². The molecule has 4 nitrogen and oxygen atoms in total. The first kappa shape index (κ1) is 15.6. The van der Waals surface area contributed by atoms with Gasteiger partial charge >= 0.3 is 0 Å². The van der Waals surface area contributed by atoms with Crippen LogP contribution >= 0.6 is 23.6 Å². The van der Waals surface area contributed by atoms with E-state index < -0.39 is 0 Å². The highest BCUT2D eigenvalue weighted by Gasteiger charge is 2.11. The quantitative estimate of drug-likeness (QED) is 0.803. The number of nitrogens with zero attached hydrogens (tertiary/aromatic N) is 1. The molecule has 0 bridgehead atoms. The average Bonchev–Trinajstić information content (AvgIpc) is 2.91. The summed E-state index contributed by atoms with van der Waals surface area (Å²) in [5, 5.41) is 4.89. The standard InChI is InChI=1S/C15H17N3OS2/c1-18(9-11-5-4-8-21-11)10-14(19)17-13-7-3-2-6-12(13)15(16)20/h2-8H,9-10H2,1H3,(H2,16,20)(H,17,19). The third-order valence-corrected chi connectivity index (χ3v) is 3.97. The van der Waals surface area contributed by atoms with Crippen LogP contribution in [0.3, 0.4) is 0 Å². The molecular formula is C15H17N3OS2. The molecule has 6 heteroatoms. The summed E-state index contributed by atoms with van der Waals surface area (Å²) < 4.78 is 0. The molecule has 0 aliphatic carbocycles. The fourth-order valence-corrected chi connectivity index (χ4v) is 2.93. The summed E-state index contributed by atoms with van der Waals surface area (Å²) in [4.78, 5) is 15.6. The van der Waals surface area contributed by atoms with Crippen molar-refractivity contribution in [1.29, 1.82) is 0 Å². The first-order valence-corrected chi connectivity index (χ1v) is 7.74. The van der Waals surface area contributed by atoms with Gasteiger partial charge in [0.25, 0.3) is 0 Å². The van der Waals surface area contributed by atoms with E-state index in [9.17, 15) is 4.79 Å². The molecular weight excluding hydrogens is 302 g/mol. The van der Waals surface area contributed by atoms with Gasteiger partial charge in [-0.1, -0.05) is 30.4 Å². The molecule has 0 saturated heterocycles. The number of amides is 1. The van der Waals surface area contributed by atoms with E-state index in [1.807, 2.05) is 35.5 Å². The molecule has 1 aromatic carbocycles. The van der Waals surface area contributed by atoms with Crippen LogP contribution in [0.25, 0.3) is 0 Å². The summed E-state index contributed by atoms with van der Waals surface area (Å²) >= 11 is 6.67. The Bertz CT molecular complexity index is 626. The summed E-state index contributed by atoms with van der Waals surface area (Å²) in [6.07, 6.45) is 0. The molecule has 0 saturated carbocycles. The summed E-state index contributed by atoms with van der Waals surface area (Å²) in [7, 11) is 1.92. The monoisotopic (exact) mass is 319 g/mol. The first-order chi connectivity index (χ1) is 10.1. The summed E-state index contributed by atoms with van der Waals surface area (Å²) in [5.41, 5.74) is 6.99. The lowest BCUT2D eigenvalue weighted by Gasteiger charge is -2.16. The normalized spacial score (nSPS) is 10.6. The van der Waals surface area contributed by atoms with Gasteiger partial charge in [0.1, 0.15) is 4.99 Å². The van der Waals surface area contributed by atoms with Gasteiger partial charge in [-0.3, -0.25) is 9.69 Å². The van der Waals surface area contributed by atoms with Gasteiger partial charge in [0, 0.05) is 17.0 Å². The highest BCUT2D eigenvalue weighted by atomic mass is 32.1. The third kappa shape index (κ3) is 4.63. The summed E-state index contributed by atoms with van der Waals surface area (Å²) in [5.74, 6) is -0.0854. The van der Waals surface area contributed by atoms with Crippen molar-refractivity contribution >= 4 is 40.1 Å². The molecule has 0 atom stereocenters. The largest absolute Gasteiger partial charge is 0.389 e. The molecule has 0 fully saturated rings. The lowest BCUT2D eigenvalue weighted by Crippen LogP contribution is -2.30. The summed E-state index contributed by atoms with van der Waals surface area (Å²) in [6.45, 7) is 1.06. The molecule has 0 unspecified atom stereocenters. The number of thiocarbonyl (C=S) groups is 1. The van der Waals surface area contributed by atoms with E-state index in [1.54, 1.807) is 23.5 Å². The molecule has 1 amide bonds. The Kier molecular flexibility index (Phi) is 5.44. The number of benzene rings is 1. The minimum atomic E-state index is -0.0854. The maximum Gasteiger partial charge on any atom is 0.238 e. The Balaban J connectivity index is 1.94. The van der Waals surface area contributed by atoms with Crippen LogP contribution in [0.4, 0.5) is 5.69 Å². The molecule has 1 heterocycles. The molecule has 0 radical (unpaired) electrons. The minimum Gasteiger partial charge on any atom is -0.389 e. The first-order valence-electron chi connectivity index (χ1n) is 6.46. The van der Waals surface area contributed by atoms with Crippen LogP contribution in [-0.2, 0) is 11.3 Å². The number of carbonyl (C=O) groups excluding carboxylic acids is 1. The number of likely N-dealkylation sites (N-methyl/N-ethyl adjacent to an activating group) is 1. The van der Waals surface area contributed by atoms with Crippen LogP contribution in [-0.4, -0.2) is 29.4 Å². The predicted octanol–water partition coefficient (Wildman–Crippen LogP) is 2.45. The average molecular weight is 319 g/mol. The number of para-hydroxylation sites is 1. The molecule has 2 aromatic rings. The van der Waals surface area contributed by atoms with E-state index in [0.29, 0.717) is 17.8 Å². The topological polar surface area (TPSA) is 58.4 Å². The second kappa shape index (κ2) is 7.31. The third-order valence-electron chi connectivity index (χ3n) is 2.89. The van der Waals surface area contributed by atoms with E-state index in [4.69, 9.17) is 18.0 Å². The van der Waals surface area contributed by atoms with Gasteiger partial charge in [-0.25, -0.2) is 0 Å². The minimum absolute atomic E-state index is 0.0854. The number of rotatable bonds is 6. The van der Waals surface area contributed by atoms with Crippen molar-refractivity contribution in [2.24, 2.45) is 5.73 Å². The molecule has 0 aliphatic heterocycles. The highest BCUT2D eigenvalue weighted by Crippen LogP contribution is 2.15. The van der Waals surface area contributed by atoms with Gasteiger partial charge < -0.3 is 11.1 Å². The van der Waals surface area contributed by atoms with E-state index in [0.717, 1.165) is 6.54 Å². The number of carbonyl (C=O) groups is 1.